The lowest BCUT2D eigenvalue weighted by Gasteiger charge is -2.34. The first-order valence-electron chi connectivity index (χ1n) is 13.4. The van der Waals surface area contributed by atoms with Gasteiger partial charge in [-0.3, -0.25) is 4.90 Å². The Morgan fingerprint density at radius 1 is 0.825 bits per heavy atom. The van der Waals surface area contributed by atoms with E-state index in [1.807, 2.05) is 20.8 Å². The maximum atomic E-state index is 15.0. The van der Waals surface area contributed by atoms with Gasteiger partial charge in [-0.15, -0.1) is 0 Å². The highest BCUT2D eigenvalue weighted by Gasteiger charge is 2.66. The predicted molar refractivity (Wildman–Crippen MR) is 150 cm³/mol. The van der Waals surface area contributed by atoms with Crippen LogP contribution in [0.15, 0.2) is 0 Å². The molecule has 0 spiro atoms. The Labute approximate surface area is 235 Å². The molecule has 1 N–H and O–H groups in total. The van der Waals surface area contributed by atoms with Gasteiger partial charge in [-0.2, -0.15) is 13.2 Å². The molecule has 2 amide bonds. The number of alkyl carbamates (subject to hydrolysis) is 1. The van der Waals surface area contributed by atoms with Crippen LogP contribution in [0.25, 0.3) is 0 Å². The number of halogens is 3. The Kier molecular flexibility index (Phi) is 8.07. The molecular formula is C31H41F3N2O4. The molecule has 0 aliphatic carbocycles. The van der Waals surface area contributed by atoms with Crippen LogP contribution in [0.3, 0.4) is 0 Å². The highest BCUT2D eigenvalue weighted by Crippen LogP contribution is 2.51. The van der Waals surface area contributed by atoms with Crippen molar-refractivity contribution >= 4 is 17.9 Å². The second-order valence-electron chi connectivity index (χ2n) is 12.0. The van der Waals surface area contributed by atoms with Crippen molar-refractivity contribution in [2.24, 2.45) is 0 Å². The van der Waals surface area contributed by atoms with E-state index < -0.39 is 36.1 Å². The number of anilines is 1. The number of rotatable bonds is 4. The summed E-state index contributed by atoms with van der Waals surface area (Å²) in [5.74, 6) is 0. The normalized spacial score (nSPS) is 17.8. The zero-order valence-electron chi connectivity index (χ0n) is 25.6. The molecule has 2 aromatic carbocycles. The Morgan fingerprint density at radius 2 is 1.27 bits per heavy atom. The van der Waals surface area contributed by atoms with E-state index in [1.165, 1.54) is 0 Å². The number of amides is 2. The van der Waals surface area contributed by atoms with Crippen LogP contribution in [0.1, 0.15) is 82.0 Å². The number of cyclic esters (lactones) is 1. The van der Waals surface area contributed by atoms with Gasteiger partial charge in [0.15, 0.2) is 0 Å². The van der Waals surface area contributed by atoms with Crippen LogP contribution >= 0.6 is 0 Å². The highest BCUT2D eigenvalue weighted by molar-refractivity contribution is 5.93. The van der Waals surface area contributed by atoms with Crippen molar-refractivity contribution in [1.29, 1.82) is 0 Å². The molecule has 1 saturated heterocycles. The molecule has 6 nitrogen and oxygen atoms in total. The van der Waals surface area contributed by atoms with Gasteiger partial charge in [0.1, 0.15) is 5.60 Å². The summed E-state index contributed by atoms with van der Waals surface area (Å²) in [5, 5.41) is 2.76. The molecule has 9 heteroatoms. The van der Waals surface area contributed by atoms with E-state index in [0.29, 0.717) is 27.9 Å². The Bertz CT molecular complexity index is 1330. The van der Waals surface area contributed by atoms with Gasteiger partial charge >= 0.3 is 18.4 Å². The van der Waals surface area contributed by atoms with Crippen LogP contribution in [0, 0.1) is 62.3 Å². The van der Waals surface area contributed by atoms with E-state index in [-0.39, 0.29) is 12.1 Å². The van der Waals surface area contributed by atoms with E-state index in [4.69, 9.17) is 9.47 Å². The molecular weight excluding hydrogens is 521 g/mol. The second-order valence-corrected chi connectivity index (χ2v) is 12.0. The lowest BCUT2D eigenvalue weighted by molar-refractivity contribution is -0.250. The molecule has 0 saturated carbocycles. The first kappa shape index (κ1) is 31.3. The van der Waals surface area contributed by atoms with Crippen molar-refractivity contribution in [3.8, 4) is 0 Å². The molecule has 0 radical (unpaired) electrons. The third-order valence-electron chi connectivity index (χ3n) is 8.54. The third kappa shape index (κ3) is 5.15. The van der Waals surface area contributed by atoms with Gasteiger partial charge in [0.05, 0.1) is 12.2 Å². The van der Waals surface area contributed by atoms with Gasteiger partial charge < -0.3 is 14.8 Å². The summed E-state index contributed by atoms with van der Waals surface area (Å²) in [7, 11) is 0. The van der Waals surface area contributed by atoms with E-state index in [9.17, 15) is 9.59 Å². The lowest BCUT2D eigenvalue weighted by atomic mass is 9.80. The van der Waals surface area contributed by atoms with E-state index >= 15 is 13.2 Å². The standard InChI is InChI=1S/C31H41F3N2O4/c1-15-16(2)20(6)25(21(7)17(15)3)30(31(32,33)34)14-36(28(38)40-30)26-22(8)18(4)24(19(5)23(26)9)13-35-27(37)39-29(10,11)12/h13-14H2,1-12H3,(H,35,37). The lowest BCUT2D eigenvalue weighted by Crippen LogP contribution is -2.47. The molecule has 40 heavy (non-hydrogen) atoms. The maximum Gasteiger partial charge on any atom is 0.434 e. The van der Waals surface area contributed by atoms with Crippen molar-refractivity contribution in [2.75, 3.05) is 11.4 Å². The van der Waals surface area contributed by atoms with Crippen molar-refractivity contribution in [3.05, 3.63) is 61.2 Å². The minimum atomic E-state index is -4.86. The zero-order chi connectivity index (χ0) is 30.7. The van der Waals surface area contributed by atoms with Gasteiger partial charge in [0.25, 0.3) is 5.60 Å². The Balaban J connectivity index is 2.13. The quantitative estimate of drug-likeness (QED) is 0.411. The number of carbonyl (C=O) groups excluding carboxylic acids is 2. The Hall–Kier alpha value is -3.23. The Morgan fingerprint density at radius 3 is 1.70 bits per heavy atom. The zero-order valence-corrected chi connectivity index (χ0v) is 25.6. The summed E-state index contributed by atoms with van der Waals surface area (Å²) >= 11 is 0. The summed E-state index contributed by atoms with van der Waals surface area (Å²) in [6.07, 6.45) is -6.47. The summed E-state index contributed by atoms with van der Waals surface area (Å²) in [6.45, 7) is 20.8. The van der Waals surface area contributed by atoms with Crippen molar-refractivity contribution in [2.45, 2.75) is 107 Å². The number of carbonyl (C=O) groups is 2. The SMILES string of the molecule is Cc1c(C)c(C)c(C2(C(F)(F)F)CN(c3c(C)c(C)c(CNC(=O)OC(C)(C)C)c(C)c3C)C(=O)O2)c(C)c1C. The largest absolute Gasteiger partial charge is 0.444 e. The predicted octanol–water partition coefficient (Wildman–Crippen LogP) is 7.90. The summed E-state index contributed by atoms with van der Waals surface area (Å²) in [4.78, 5) is 26.7. The minimum Gasteiger partial charge on any atom is -0.444 e. The number of hydrogen-bond donors (Lipinski definition) is 1. The van der Waals surface area contributed by atoms with Crippen LogP contribution in [0.4, 0.5) is 28.4 Å². The van der Waals surface area contributed by atoms with Gasteiger partial charge in [0.2, 0.25) is 0 Å². The molecule has 0 bridgehead atoms. The van der Waals surface area contributed by atoms with Gasteiger partial charge in [-0.05, 0) is 139 Å². The van der Waals surface area contributed by atoms with E-state index in [1.54, 1.807) is 62.3 Å². The molecule has 1 atom stereocenters. The van der Waals surface area contributed by atoms with Gasteiger partial charge in [-0.1, -0.05) is 0 Å². The second kappa shape index (κ2) is 10.3. The summed E-state index contributed by atoms with van der Waals surface area (Å²) in [6, 6.07) is 0. The maximum absolute atomic E-state index is 15.0. The molecule has 2 aromatic rings. The average molecular weight is 563 g/mol. The molecule has 1 fully saturated rings. The fourth-order valence-corrected chi connectivity index (χ4v) is 5.73. The molecule has 1 heterocycles. The number of alkyl halides is 3. The van der Waals surface area contributed by atoms with Crippen molar-refractivity contribution in [3.63, 3.8) is 0 Å². The van der Waals surface area contributed by atoms with Crippen LogP contribution in [0.5, 0.6) is 0 Å². The first-order chi connectivity index (χ1) is 18.2. The number of benzene rings is 2. The molecule has 220 valence electrons. The summed E-state index contributed by atoms with van der Waals surface area (Å²) in [5.41, 5.74) is 3.90. The monoisotopic (exact) mass is 562 g/mol. The number of nitrogens with one attached hydrogen (secondary N) is 1. The molecule has 3 rings (SSSR count). The number of nitrogens with zero attached hydrogens (tertiary/aromatic N) is 1. The summed E-state index contributed by atoms with van der Waals surface area (Å²) < 4.78 is 55.9. The van der Waals surface area contributed by atoms with Gasteiger partial charge in [0, 0.05) is 12.1 Å². The fraction of sp³-hybridized carbons (Fsp3) is 0.548. The first-order valence-corrected chi connectivity index (χ1v) is 13.4. The third-order valence-corrected chi connectivity index (χ3v) is 8.54. The van der Waals surface area contributed by atoms with E-state index in [2.05, 4.69) is 5.32 Å². The fourth-order valence-electron chi connectivity index (χ4n) is 5.73. The molecule has 0 aromatic heterocycles. The van der Waals surface area contributed by atoms with Crippen molar-refractivity contribution in [1.82, 2.24) is 5.32 Å². The van der Waals surface area contributed by atoms with Crippen LogP contribution in [-0.2, 0) is 21.6 Å². The van der Waals surface area contributed by atoms with E-state index in [0.717, 1.165) is 38.3 Å². The van der Waals surface area contributed by atoms with Crippen LogP contribution in [0.2, 0.25) is 0 Å². The smallest absolute Gasteiger partial charge is 0.434 e. The van der Waals surface area contributed by atoms with Crippen LogP contribution < -0.4 is 10.2 Å². The highest BCUT2D eigenvalue weighted by atomic mass is 19.4. The minimum absolute atomic E-state index is 0.00150. The number of ether oxygens (including phenoxy) is 2. The average Bonchev–Trinajstić information content (AvgIpc) is 3.17. The molecule has 1 unspecified atom stereocenters. The van der Waals surface area contributed by atoms with Crippen molar-refractivity contribution < 1.29 is 32.2 Å². The van der Waals surface area contributed by atoms with Gasteiger partial charge in [-0.25, -0.2) is 9.59 Å². The topological polar surface area (TPSA) is 67.9 Å². The molecule has 1 aliphatic rings. The van der Waals surface area contributed by atoms with Crippen LogP contribution in [-0.4, -0.2) is 30.5 Å². The number of hydrogen-bond acceptors (Lipinski definition) is 4. The molecule has 1 aliphatic heterocycles.